The molecule has 2 heterocycles. The second-order valence-electron chi connectivity index (χ2n) is 5.37. The topological polar surface area (TPSA) is 53.1 Å². The van der Waals surface area contributed by atoms with E-state index >= 15 is 0 Å². The van der Waals surface area contributed by atoms with Crippen molar-refractivity contribution in [3.63, 3.8) is 0 Å². The van der Waals surface area contributed by atoms with Crippen LogP contribution in [0.3, 0.4) is 0 Å². The Labute approximate surface area is 108 Å². The summed E-state index contributed by atoms with van der Waals surface area (Å²) in [4.78, 5) is 3.88. The summed E-state index contributed by atoms with van der Waals surface area (Å²) in [6, 6.07) is -0.454. The first-order valence-corrected chi connectivity index (χ1v) is 6.38. The predicted molar refractivity (Wildman–Crippen MR) is 61.3 cm³/mol. The second kappa shape index (κ2) is 4.21. The highest BCUT2D eigenvalue weighted by Crippen LogP contribution is 2.56. The van der Waals surface area contributed by atoms with Gasteiger partial charge in [0, 0.05) is 18.7 Å². The lowest BCUT2D eigenvalue weighted by Crippen LogP contribution is -2.37. The van der Waals surface area contributed by atoms with E-state index in [4.69, 9.17) is 10.5 Å². The minimum absolute atomic E-state index is 0.0690. The molecule has 2 atom stereocenters. The third kappa shape index (κ3) is 1.95. The Bertz CT molecular complexity index is 461. The Kier molecular flexibility index (Phi) is 2.86. The first-order valence-electron chi connectivity index (χ1n) is 6.38. The van der Waals surface area contributed by atoms with Gasteiger partial charge in [-0.05, 0) is 19.3 Å². The first kappa shape index (κ1) is 12.9. The highest BCUT2D eigenvalue weighted by Gasteiger charge is 2.65. The summed E-state index contributed by atoms with van der Waals surface area (Å²) < 4.78 is 46.0. The molecule has 2 fully saturated rings. The molecule has 3 rings (SSSR count). The van der Waals surface area contributed by atoms with Crippen LogP contribution in [0.5, 0.6) is 0 Å². The van der Waals surface area contributed by atoms with E-state index in [9.17, 15) is 13.2 Å². The van der Waals surface area contributed by atoms with Gasteiger partial charge in [0.1, 0.15) is 5.54 Å². The smallest absolute Gasteiger partial charge is 0.381 e. The molecule has 0 radical (unpaired) electrons. The number of imidazole rings is 1. The van der Waals surface area contributed by atoms with Crippen LogP contribution in [-0.2, 0) is 10.3 Å². The lowest BCUT2D eigenvalue weighted by Gasteiger charge is -2.26. The van der Waals surface area contributed by atoms with Crippen LogP contribution in [0.1, 0.15) is 31.0 Å². The van der Waals surface area contributed by atoms with Crippen LogP contribution < -0.4 is 5.73 Å². The van der Waals surface area contributed by atoms with Gasteiger partial charge in [-0.15, -0.1) is 0 Å². The normalized spacial score (nSPS) is 27.5. The number of halogens is 3. The third-order valence-corrected chi connectivity index (χ3v) is 4.19. The molecule has 4 nitrogen and oxygen atoms in total. The molecule has 0 spiro atoms. The highest BCUT2D eigenvalue weighted by molar-refractivity contribution is 5.17. The molecule has 1 saturated heterocycles. The van der Waals surface area contributed by atoms with Crippen molar-refractivity contribution in [2.45, 2.75) is 37.0 Å². The average Bonchev–Trinajstić information content (AvgIpc) is 2.82. The minimum atomic E-state index is -4.26. The minimum Gasteiger partial charge on any atom is -0.381 e. The van der Waals surface area contributed by atoms with Gasteiger partial charge in [0.05, 0.1) is 24.7 Å². The van der Waals surface area contributed by atoms with Crippen molar-refractivity contribution < 1.29 is 17.9 Å². The molecule has 1 aromatic rings. The molecule has 2 aliphatic rings. The van der Waals surface area contributed by atoms with E-state index in [1.54, 1.807) is 0 Å². The molecule has 106 valence electrons. The predicted octanol–water partition coefficient (Wildman–Crippen LogP) is 1.97. The summed E-state index contributed by atoms with van der Waals surface area (Å²) in [6.45, 7) is 1.13. The van der Waals surface area contributed by atoms with Crippen molar-refractivity contribution in [1.82, 2.24) is 9.55 Å². The van der Waals surface area contributed by atoms with E-state index in [1.807, 2.05) is 0 Å². The van der Waals surface area contributed by atoms with E-state index in [0.717, 1.165) is 6.42 Å². The summed E-state index contributed by atoms with van der Waals surface area (Å²) >= 11 is 0. The fourth-order valence-corrected chi connectivity index (χ4v) is 2.77. The average molecular weight is 275 g/mol. The van der Waals surface area contributed by atoms with E-state index < -0.39 is 17.8 Å². The Balaban J connectivity index is 1.91. The number of alkyl halides is 3. The Hall–Kier alpha value is -1.08. The van der Waals surface area contributed by atoms with E-state index in [-0.39, 0.29) is 18.8 Å². The van der Waals surface area contributed by atoms with Crippen LogP contribution in [0, 0.1) is 5.92 Å². The highest BCUT2D eigenvalue weighted by atomic mass is 19.4. The lowest BCUT2D eigenvalue weighted by molar-refractivity contribution is -0.180. The number of aromatic nitrogens is 2. The molecule has 0 aromatic carbocycles. The van der Waals surface area contributed by atoms with Gasteiger partial charge in [-0.25, -0.2) is 4.98 Å². The molecular formula is C12H16F3N3O. The zero-order valence-electron chi connectivity index (χ0n) is 10.4. The summed E-state index contributed by atoms with van der Waals surface area (Å²) in [5, 5.41) is 0. The summed E-state index contributed by atoms with van der Waals surface area (Å²) in [6.07, 6.45) is -0.554. The Morgan fingerprint density at radius 1 is 1.47 bits per heavy atom. The maximum absolute atomic E-state index is 13.2. The molecule has 1 aliphatic carbocycles. The molecular weight excluding hydrogens is 259 g/mol. The van der Waals surface area contributed by atoms with Gasteiger partial charge in [-0.2, -0.15) is 13.2 Å². The number of nitrogens with two attached hydrogens (primary N) is 1. The SMILES string of the molecule is NC(c1cncn1C1(C(F)(F)F)CC1)C1CCOC1. The summed E-state index contributed by atoms with van der Waals surface area (Å²) in [5.41, 5.74) is 4.79. The number of rotatable bonds is 3. The van der Waals surface area contributed by atoms with Gasteiger partial charge in [-0.1, -0.05) is 0 Å². The van der Waals surface area contributed by atoms with Crippen molar-refractivity contribution in [3.8, 4) is 0 Å². The van der Waals surface area contributed by atoms with Gasteiger partial charge in [0.25, 0.3) is 0 Å². The standard InChI is InChI=1S/C12H16F3N3O/c13-12(14,15)11(2-3-11)18-7-17-5-9(18)10(16)8-1-4-19-6-8/h5,7-8,10H,1-4,6,16H2. The van der Waals surface area contributed by atoms with E-state index in [1.165, 1.54) is 17.1 Å². The van der Waals surface area contributed by atoms with Gasteiger partial charge in [-0.3, -0.25) is 0 Å². The largest absolute Gasteiger partial charge is 0.411 e. The maximum Gasteiger partial charge on any atom is 0.411 e. The van der Waals surface area contributed by atoms with Crippen LogP contribution in [0.15, 0.2) is 12.5 Å². The Morgan fingerprint density at radius 2 is 2.21 bits per heavy atom. The molecule has 7 heteroatoms. The van der Waals surface area contributed by atoms with Crippen LogP contribution >= 0.6 is 0 Å². The maximum atomic E-state index is 13.2. The van der Waals surface area contributed by atoms with Gasteiger partial charge in [0.2, 0.25) is 0 Å². The molecule has 19 heavy (non-hydrogen) atoms. The number of ether oxygens (including phenoxy) is 1. The Morgan fingerprint density at radius 3 is 2.74 bits per heavy atom. The lowest BCUT2D eigenvalue weighted by atomic mass is 9.97. The van der Waals surface area contributed by atoms with Crippen LogP contribution in [-0.4, -0.2) is 28.9 Å². The van der Waals surface area contributed by atoms with Crippen molar-refractivity contribution >= 4 is 0 Å². The van der Waals surface area contributed by atoms with Gasteiger partial charge in [0.15, 0.2) is 0 Å². The van der Waals surface area contributed by atoms with Gasteiger partial charge < -0.3 is 15.0 Å². The fraction of sp³-hybridized carbons (Fsp3) is 0.750. The monoisotopic (exact) mass is 275 g/mol. The summed E-state index contributed by atoms with van der Waals surface area (Å²) in [5.74, 6) is 0.0690. The summed E-state index contributed by atoms with van der Waals surface area (Å²) in [7, 11) is 0. The van der Waals surface area contributed by atoms with Crippen LogP contribution in [0.25, 0.3) is 0 Å². The van der Waals surface area contributed by atoms with Crippen molar-refractivity contribution in [2.75, 3.05) is 13.2 Å². The molecule has 2 N–H and O–H groups in total. The van der Waals surface area contributed by atoms with Crippen molar-refractivity contribution in [1.29, 1.82) is 0 Å². The molecule has 0 amide bonds. The molecule has 1 aromatic heterocycles. The molecule has 1 aliphatic heterocycles. The van der Waals surface area contributed by atoms with Crippen LogP contribution in [0.4, 0.5) is 13.2 Å². The van der Waals surface area contributed by atoms with E-state index in [0.29, 0.717) is 18.9 Å². The van der Waals surface area contributed by atoms with E-state index in [2.05, 4.69) is 4.98 Å². The van der Waals surface area contributed by atoms with Crippen molar-refractivity contribution in [3.05, 3.63) is 18.2 Å². The number of nitrogens with zero attached hydrogens (tertiary/aromatic N) is 2. The third-order valence-electron chi connectivity index (χ3n) is 4.19. The van der Waals surface area contributed by atoms with Gasteiger partial charge >= 0.3 is 6.18 Å². The van der Waals surface area contributed by atoms with Crippen LogP contribution in [0.2, 0.25) is 0 Å². The first-order chi connectivity index (χ1) is 8.96. The zero-order chi connectivity index (χ0) is 13.7. The number of hydrogen-bond acceptors (Lipinski definition) is 3. The quantitative estimate of drug-likeness (QED) is 0.917. The molecule has 2 unspecified atom stereocenters. The fourth-order valence-electron chi connectivity index (χ4n) is 2.77. The second-order valence-corrected chi connectivity index (χ2v) is 5.37. The molecule has 1 saturated carbocycles. The number of hydrogen-bond donors (Lipinski definition) is 1. The van der Waals surface area contributed by atoms with Crippen molar-refractivity contribution in [2.24, 2.45) is 11.7 Å². The molecule has 0 bridgehead atoms. The zero-order valence-corrected chi connectivity index (χ0v) is 10.4.